The molecule has 0 radical (unpaired) electrons. The van der Waals surface area contributed by atoms with Crippen LogP contribution < -0.4 is 0 Å². The van der Waals surface area contributed by atoms with Crippen LogP contribution in [0.4, 0.5) is 0 Å². The smallest absolute Gasteiger partial charge is 0.356 e. The lowest BCUT2D eigenvalue weighted by Gasteiger charge is -2.02. The van der Waals surface area contributed by atoms with Crippen molar-refractivity contribution in [2.75, 3.05) is 0 Å². The molecule has 0 saturated heterocycles. The second-order valence-electron chi connectivity index (χ2n) is 4.11. The molecule has 1 N–H and O–H groups in total. The summed E-state index contributed by atoms with van der Waals surface area (Å²) in [6.07, 6.45) is 0.692. The largest absolute Gasteiger partial charge is 0.476 e. The van der Waals surface area contributed by atoms with Crippen molar-refractivity contribution in [1.82, 2.24) is 9.78 Å². The zero-order chi connectivity index (χ0) is 12.4. The zero-order valence-corrected chi connectivity index (χ0v) is 9.84. The molecule has 0 aliphatic carbocycles. The van der Waals surface area contributed by atoms with Crippen LogP contribution in [0.2, 0.25) is 0 Å². The average molecular weight is 230 g/mol. The summed E-state index contributed by atoms with van der Waals surface area (Å²) in [7, 11) is 1.76. The van der Waals surface area contributed by atoms with Gasteiger partial charge in [0.05, 0.1) is 0 Å². The second kappa shape index (κ2) is 4.41. The second-order valence-corrected chi connectivity index (χ2v) is 4.11. The van der Waals surface area contributed by atoms with Crippen molar-refractivity contribution in [3.05, 3.63) is 52.8 Å². The number of aromatic nitrogens is 2. The molecule has 0 atom stereocenters. The van der Waals surface area contributed by atoms with Gasteiger partial charge in [-0.2, -0.15) is 5.10 Å². The number of carboxylic acids is 1. The van der Waals surface area contributed by atoms with Gasteiger partial charge in [0, 0.05) is 19.2 Å². The molecular formula is C13H14N2O2. The maximum Gasteiger partial charge on any atom is 0.356 e. The van der Waals surface area contributed by atoms with Crippen LogP contribution in [0.3, 0.4) is 0 Å². The molecule has 17 heavy (non-hydrogen) atoms. The van der Waals surface area contributed by atoms with Crippen LogP contribution in [0.5, 0.6) is 0 Å². The molecular weight excluding hydrogens is 216 g/mol. The van der Waals surface area contributed by atoms with Gasteiger partial charge in [-0.1, -0.05) is 29.8 Å². The fourth-order valence-corrected chi connectivity index (χ4v) is 1.69. The number of carbonyl (C=O) groups is 1. The fourth-order valence-electron chi connectivity index (χ4n) is 1.69. The van der Waals surface area contributed by atoms with Crippen molar-refractivity contribution in [2.45, 2.75) is 13.3 Å². The van der Waals surface area contributed by atoms with Crippen molar-refractivity contribution in [2.24, 2.45) is 7.05 Å². The van der Waals surface area contributed by atoms with Gasteiger partial charge in [0.15, 0.2) is 5.69 Å². The number of rotatable bonds is 3. The fraction of sp³-hybridized carbons (Fsp3) is 0.231. The molecule has 88 valence electrons. The predicted octanol–water partition coefficient (Wildman–Crippen LogP) is 2.02. The summed E-state index contributed by atoms with van der Waals surface area (Å²) in [5, 5.41) is 12.8. The van der Waals surface area contributed by atoms with Gasteiger partial charge < -0.3 is 5.11 Å². The van der Waals surface area contributed by atoms with Gasteiger partial charge >= 0.3 is 5.97 Å². The Labute approximate surface area is 99.5 Å². The third-order valence-electron chi connectivity index (χ3n) is 2.70. The van der Waals surface area contributed by atoms with Crippen molar-refractivity contribution in [3.63, 3.8) is 0 Å². The van der Waals surface area contributed by atoms with E-state index in [0.29, 0.717) is 6.42 Å². The van der Waals surface area contributed by atoms with Gasteiger partial charge in [0.25, 0.3) is 0 Å². The minimum absolute atomic E-state index is 0.0922. The highest BCUT2D eigenvalue weighted by Crippen LogP contribution is 2.11. The highest BCUT2D eigenvalue weighted by atomic mass is 16.4. The van der Waals surface area contributed by atoms with Crippen LogP contribution in [-0.2, 0) is 13.5 Å². The number of benzene rings is 1. The molecule has 0 aliphatic heterocycles. The highest BCUT2D eigenvalue weighted by Gasteiger charge is 2.11. The summed E-state index contributed by atoms with van der Waals surface area (Å²) in [6, 6.07) is 9.79. The van der Waals surface area contributed by atoms with Crippen LogP contribution in [0, 0.1) is 6.92 Å². The number of hydrogen-bond acceptors (Lipinski definition) is 2. The summed E-state index contributed by atoms with van der Waals surface area (Å²) < 4.78 is 1.61. The van der Waals surface area contributed by atoms with Gasteiger partial charge in [0.2, 0.25) is 0 Å². The Hall–Kier alpha value is -2.10. The zero-order valence-electron chi connectivity index (χ0n) is 9.84. The van der Waals surface area contributed by atoms with E-state index >= 15 is 0 Å². The molecule has 0 amide bonds. The third kappa shape index (κ3) is 2.53. The van der Waals surface area contributed by atoms with E-state index in [2.05, 4.69) is 5.10 Å². The summed E-state index contributed by atoms with van der Waals surface area (Å²) >= 11 is 0. The molecule has 1 aromatic carbocycles. The van der Waals surface area contributed by atoms with Crippen LogP contribution in [0.1, 0.15) is 27.3 Å². The number of aromatic carboxylic acids is 1. The van der Waals surface area contributed by atoms with E-state index in [9.17, 15) is 4.79 Å². The van der Waals surface area contributed by atoms with Crippen LogP contribution in [-0.4, -0.2) is 20.9 Å². The summed E-state index contributed by atoms with van der Waals surface area (Å²) in [5.41, 5.74) is 3.35. The van der Waals surface area contributed by atoms with E-state index in [1.54, 1.807) is 17.8 Å². The first-order valence-electron chi connectivity index (χ1n) is 5.38. The molecule has 0 saturated carbocycles. The van der Waals surface area contributed by atoms with Gasteiger partial charge in [-0.05, 0) is 18.6 Å². The molecule has 1 aromatic heterocycles. The van der Waals surface area contributed by atoms with Gasteiger partial charge in [0.1, 0.15) is 0 Å². The first-order chi connectivity index (χ1) is 8.06. The molecule has 0 unspecified atom stereocenters. The molecule has 0 spiro atoms. The number of hydrogen-bond donors (Lipinski definition) is 1. The van der Waals surface area contributed by atoms with E-state index in [4.69, 9.17) is 5.11 Å². The Bertz CT molecular complexity index is 541. The molecule has 0 bridgehead atoms. The Morgan fingerprint density at radius 1 is 1.35 bits per heavy atom. The first kappa shape index (κ1) is 11.4. The SMILES string of the molecule is Cc1ccc(Cc2cc(C(=O)O)nn2C)cc1. The van der Waals surface area contributed by atoms with E-state index in [1.165, 1.54) is 5.56 Å². The third-order valence-corrected chi connectivity index (χ3v) is 2.70. The van der Waals surface area contributed by atoms with Gasteiger partial charge in [-0.15, -0.1) is 0 Å². The van der Waals surface area contributed by atoms with Crippen LogP contribution in [0.15, 0.2) is 30.3 Å². The van der Waals surface area contributed by atoms with E-state index in [0.717, 1.165) is 11.3 Å². The lowest BCUT2D eigenvalue weighted by Crippen LogP contribution is -2.01. The normalized spacial score (nSPS) is 10.5. The highest BCUT2D eigenvalue weighted by molar-refractivity contribution is 5.85. The molecule has 2 aromatic rings. The molecule has 2 rings (SSSR count). The van der Waals surface area contributed by atoms with Crippen LogP contribution >= 0.6 is 0 Å². The lowest BCUT2D eigenvalue weighted by molar-refractivity contribution is 0.0689. The molecule has 0 aliphatic rings. The minimum atomic E-state index is -0.990. The predicted molar refractivity (Wildman–Crippen MR) is 64.2 cm³/mol. The first-order valence-corrected chi connectivity index (χ1v) is 5.38. The number of carboxylic acid groups (broad SMARTS) is 1. The standard InChI is InChI=1S/C13H14N2O2/c1-9-3-5-10(6-4-9)7-11-8-12(13(16)17)14-15(11)2/h3-6,8H,7H2,1-2H3,(H,16,17). The Morgan fingerprint density at radius 3 is 2.53 bits per heavy atom. The average Bonchev–Trinajstić information content (AvgIpc) is 2.64. The molecule has 4 nitrogen and oxygen atoms in total. The maximum atomic E-state index is 10.8. The van der Waals surface area contributed by atoms with Gasteiger partial charge in [-0.25, -0.2) is 4.79 Å². The quantitative estimate of drug-likeness (QED) is 0.877. The van der Waals surface area contributed by atoms with E-state index < -0.39 is 5.97 Å². The number of aryl methyl sites for hydroxylation is 2. The molecule has 0 fully saturated rings. The monoisotopic (exact) mass is 230 g/mol. The summed E-state index contributed by atoms with van der Waals surface area (Å²) in [6.45, 7) is 2.04. The summed E-state index contributed by atoms with van der Waals surface area (Å²) in [4.78, 5) is 10.8. The van der Waals surface area contributed by atoms with Crippen LogP contribution in [0.25, 0.3) is 0 Å². The Kier molecular flexibility index (Phi) is 2.95. The Balaban J connectivity index is 2.24. The topological polar surface area (TPSA) is 55.1 Å². The lowest BCUT2D eigenvalue weighted by atomic mass is 10.1. The van der Waals surface area contributed by atoms with Crippen molar-refractivity contribution < 1.29 is 9.90 Å². The minimum Gasteiger partial charge on any atom is -0.476 e. The van der Waals surface area contributed by atoms with Crippen molar-refractivity contribution in [3.8, 4) is 0 Å². The van der Waals surface area contributed by atoms with Crippen molar-refractivity contribution >= 4 is 5.97 Å². The van der Waals surface area contributed by atoms with E-state index in [1.807, 2.05) is 31.2 Å². The molecule has 4 heteroatoms. The Morgan fingerprint density at radius 2 is 2.00 bits per heavy atom. The van der Waals surface area contributed by atoms with Crippen molar-refractivity contribution in [1.29, 1.82) is 0 Å². The number of nitrogens with zero attached hydrogens (tertiary/aromatic N) is 2. The maximum absolute atomic E-state index is 10.8. The summed E-state index contributed by atoms with van der Waals surface area (Å²) in [5.74, 6) is -0.990. The van der Waals surface area contributed by atoms with Gasteiger partial charge in [-0.3, -0.25) is 4.68 Å². The molecule has 1 heterocycles. The van der Waals surface area contributed by atoms with E-state index in [-0.39, 0.29) is 5.69 Å².